The summed E-state index contributed by atoms with van der Waals surface area (Å²) in [5.74, 6) is -0.974. The van der Waals surface area contributed by atoms with Gasteiger partial charge in [-0.05, 0) is 24.2 Å². The Hall–Kier alpha value is -2.41. The molecule has 2 aliphatic rings. The summed E-state index contributed by atoms with van der Waals surface area (Å²) in [5.41, 5.74) is 1.44. The second-order valence-electron chi connectivity index (χ2n) is 4.91. The van der Waals surface area contributed by atoms with E-state index in [0.717, 1.165) is 22.3 Å². The van der Waals surface area contributed by atoms with Crippen LogP contribution in [-0.4, -0.2) is 27.7 Å². The van der Waals surface area contributed by atoms with Gasteiger partial charge in [-0.3, -0.25) is 14.4 Å². The topological polar surface area (TPSA) is 78.8 Å². The molecule has 0 saturated carbocycles. The van der Waals surface area contributed by atoms with Crippen LogP contribution in [0.25, 0.3) is 0 Å². The highest BCUT2D eigenvalue weighted by Gasteiger charge is 2.37. The SMILES string of the molecule is CC1=C2SC(C(=O)NCc3ccccc3)=NN2C(=O)CC1=O. The minimum Gasteiger partial charge on any atom is -0.346 e. The van der Waals surface area contributed by atoms with Crippen LogP contribution in [0.15, 0.2) is 46.0 Å². The van der Waals surface area contributed by atoms with Gasteiger partial charge in [0.1, 0.15) is 5.03 Å². The van der Waals surface area contributed by atoms with Crippen LogP contribution in [-0.2, 0) is 20.9 Å². The van der Waals surface area contributed by atoms with Crippen molar-refractivity contribution in [1.29, 1.82) is 0 Å². The van der Waals surface area contributed by atoms with Gasteiger partial charge in [0.25, 0.3) is 11.8 Å². The van der Waals surface area contributed by atoms with Crippen molar-refractivity contribution in [3.05, 3.63) is 46.5 Å². The second kappa shape index (κ2) is 5.76. The van der Waals surface area contributed by atoms with Gasteiger partial charge >= 0.3 is 0 Å². The van der Waals surface area contributed by atoms with Crippen molar-refractivity contribution in [2.75, 3.05) is 0 Å². The molecule has 0 saturated heterocycles. The number of hydrogen-bond donors (Lipinski definition) is 1. The molecule has 22 heavy (non-hydrogen) atoms. The number of carbonyl (C=O) groups is 3. The molecule has 112 valence electrons. The van der Waals surface area contributed by atoms with E-state index in [0.29, 0.717) is 17.1 Å². The lowest BCUT2D eigenvalue weighted by Gasteiger charge is -2.19. The predicted molar refractivity (Wildman–Crippen MR) is 82.5 cm³/mol. The molecule has 0 aliphatic carbocycles. The van der Waals surface area contributed by atoms with Crippen molar-refractivity contribution in [3.63, 3.8) is 0 Å². The van der Waals surface area contributed by atoms with E-state index in [1.165, 1.54) is 0 Å². The second-order valence-corrected chi connectivity index (χ2v) is 5.89. The van der Waals surface area contributed by atoms with Crippen LogP contribution in [0.4, 0.5) is 0 Å². The van der Waals surface area contributed by atoms with Crippen LogP contribution in [0.5, 0.6) is 0 Å². The average molecular weight is 315 g/mol. The maximum absolute atomic E-state index is 12.1. The van der Waals surface area contributed by atoms with Gasteiger partial charge in [0.15, 0.2) is 10.8 Å². The third-order valence-corrected chi connectivity index (χ3v) is 4.49. The number of allylic oxidation sites excluding steroid dienone is 1. The molecular weight excluding hydrogens is 302 g/mol. The first kappa shape index (κ1) is 14.5. The third kappa shape index (κ3) is 2.67. The van der Waals surface area contributed by atoms with E-state index >= 15 is 0 Å². The molecule has 0 aromatic heterocycles. The van der Waals surface area contributed by atoms with E-state index in [-0.39, 0.29) is 23.2 Å². The van der Waals surface area contributed by atoms with Crippen LogP contribution in [0.2, 0.25) is 0 Å². The summed E-state index contributed by atoms with van der Waals surface area (Å²) in [6.45, 7) is 2.02. The number of fused-ring (bicyclic) bond motifs is 1. The number of hydrazone groups is 1. The average Bonchev–Trinajstić information content (AvgIpc) is 2.97. The number of Topliss-reactive ketones (excluding diaryl/α,β-unsaturated/α-hetero) is 1. The summed E-state index contributed by atoms with van der Waals surface area (Å²) >= 11 is 1.06. The number of nitrogens with one attached hydrogen (secondary N) is 1. The zero-order chi connectivity index (χ0) is 15.7. The van der Waals surface area contributed by atoms with Gasteiger partial charge in [-0.2, -0.15) is 10.1 Å². The zero-order valence-corrected chi connectivity index (χ0v) is 12.6. The first-order valence-electron chi connectivity index (χ1n) is 6.72. The normalized spacial score (nSPS) is 17.5. The fourth-order valence-electron chi connectivity index (χ4n) is 2.11. The van der Waals surface area contributed by atoms with Crippen LogP contribution in [0.3, 0.4) is 0 Å². The minimum absolute atomic E-state index is 0.174. The van der Waals surface area contributed by atoms with Gasteiger partial charge in [-0.1, -0.05) is 30.3 Å². The molecule has 0 spiro atoms. The maximum Gasteiger partial charge on any atom is 0.279 e. The Morgan fingerprint density at radius 1 is 1.32 bits per heavy atom. The van der Waals surface area contributed by atoms with E-state index in [9.17, 15) is 14.4 Å². The highest BCUT2D eigenvalue weighted by atomic mass is 32.2. The summed E-state index contributed by atoms with van der Waals surface area (Å²) in [4.78, 5) is 35.6. The third-order valence-electron chi connectivity index (χ3n) is 3.35. The molecule has 3 rings (SSSR count). The number of thioether (sulfide) groups is 1. The molecule has 2 heterocycles. The molecule has 2 aliphatic heterocycles. The number of rotatable bonds is 3. The van der Waals surface area contributed by atoms with Crippen molar-refractivity contribution >= 4 is 34.4 Å². The Morgan fingerprint density at radius 3 is 2.77 bits per heavy atom. The standard InChI is InChI=1S/C15H13N3O3S/c1-9-11(19)7-12(20)18-15(9)22-14(17-18)13(21)16-8-10-5-3-2-4-6-10/h2-6H,7-8H2,1H3,(H,16,21). The number of nitrogens with zero attached hydrogens (tertiary/aromatic N) is 2. The lowest BCUT2D eigenvalue weighted by atomic mass is 10.1. The first-order chi connectivity index (χ1) is 10.6. The predicted octanol–water partition coefficient (Wildman–Crippen LogP) is 1.40. The van der Waals surface area contributed by atoms with E-state index in [2.05, 4.69) is 10.4 Å². The largest absolute Gasteiger partial charge is 0.346 e. The van der Waals surface area contributed by atoms with Gasteiger partial charge in [0.05, 0.1) is 6.42 Å². The smallest absolute Gasteiger partial charge is 0.279 e. The molecule has 0 unspecified atom stereocenters. The molecule has 1 aromatic rings. The van der Waals surface area contributed by atoms with Gasteiger partial charge in [-0.15, -0.1) is 0 Å². The van der Waals surface area contributed by atoms with E-state index in [1.807, 2.05) is 30.3 Å². The number of carbonyl (C=O) groups excluding carboxylic acids is 3. The molecule has 0 atom stereocenters. The van der Waals surface area contributed by atoms with Crippen LogP contribution in [0, 0.1) is 0 Å². The molecule has 0 bridgehead atoms. The van der Waals surface area contributed by atoms with Crippen molar-refractivity contribution in [2.45, 2.75) is 19.9 Å². The molecule has 0 radical (unpaired) electrons. The Balaban J connectivity index is 1.71. The van der Waals surface area contributed by atoms with E-state index in [4.69, 9.17) is 0 Å². The highest BCUT2D eigenvalue weighted by molar-refractivity contribution is 8.19. The molecule has 0 fully saturated rings. The molecule has 6 nitrogen and oxygen atoms in total. The van der Waals surface area contributed by atoms with Crippen molar-refractivity contribution in [1.82, 2.24) is 10.3 Å². The quantitative estimate of drug-likeness (QED) is 0.855. The Kier molecular flexibility index (Phi) is 3.81. The summed E-state index contributed by atoms with van der Waals surface area (Å²) in [6, 6.07) is 9.49. The molecule has 1 N–H and O–H groups in total. The van der Waals surface area contributed by atoms with E-state index in [1.54, 1.807) is 6.92 Å². The first-order valence-corrected chi connectivity index (χ1v) is 7.53. The van der Waals surface area contributed by atoms with Crippen molar-refractivity contribution in [3.8, 4) is 0 Å². The summed E-state index contributed by atoms with van der Waals surface area (Å²) in [6.07, 6.45) is -0.196. The number of amides is 2. The summed E-state index contributed by atoms with van der Waals surface area (Å²) in [7, 11) is 0. The maximum atomic E-state index is 12.1. The fraction of sp³-hybridized carbons (Fsp3) is 0.200. The Labute approximate surface area is 131 Å². The van der Waals surface area contributed by atoms with Crippen molar-refractivity contribution < 1.29 is 14.4 Å². The number of benzene rings is 1. The van der Waals surface area contributed by atoms with Crippen molar-refractivity contribution in [2.24, 2.45) is 5.10 Å². The lowest BCUT2D eigenvalue weighted by Crippen LogP contribution is -2.31. The summed E-state index contributed by atoms with van der Waals surface area (Å²) in [5, 5.41) is 8.55. The minimum atomic E-state index is -0.399. The Morgan fingerprint density at radius 2 is 2.05 bits per heavy atom. The molecular formula is C15H13N3O3S. The monoisotopic (exact) mass is 315 g/mol. The number of hydrogen-bond acceptors (Lipinski definition) is 5. The van der Waals surface area contributed by atoms with Gasteiger partial charge in [0, 0.05) is 12.1 Å². The molecule has 2 amide bonds. The van der Waals surface area contributed by atoms with E-state index < -0.39 is 5.91 Å². The Bertz CT molecular complexity index is 725. The summed E-state index contributed by atoms with van der Waals surface area (Å²) < 4.78 is 0. The highest BCUT2D eigenvalue weighted by Crippen LogP contribution is 2.36. The van der Waals surface area contributed by atoms with Crippen LogP contribution >= 0.6 is 11.8 Å². The van der Waals surface area contributed by atoms with Gasteiger partial charge < -0.3 is 5.32 Å². The fourth-order valence-corrected chi connectivity index (χ4v) is 3.07. The zero-order valence-electron chi connectivity index (χ0n) is 11.8. The molecule has 1 aromatic carbocycles. The van der Waals surface area contributed by atoms with Crippen LogP contribution in [0.1, 0.15) is 18.9 Å². The van der Waals surface area contributed by atoms with Gasteiger partial charge in [-0.25, -0.2) is 0 Å². The van der Waals surface area contributed by atoms with Gasteiger partial charge in [0.2, 0.25) is 0 Å². The number of ketones is 1. The molecule has 7 heteroatoms. The lowest BCUT2D eigenvalue weighted by molar-refractivity contribution is -0.133. The van der Waals surface area contributed by atoms with Crippen LogP contribution < -0.4 is 5.32 Å².